The first-order valence-corrected chi connectivity index (χ1v) is 13.9. The number of unbranched alkanes of at least 4 members (excludes halogenated alkanes) is 1. The number of rotatable bonds is 9. The molecule has 2 aliphatic rings. The lowest BCUT2D eigenvalue weighted by atomic mass is 9.89. The molecule has 3 heterocycles. The molecule has 2 atom stereocenters. The van der Waals surface area contributed by atoms with Crippen LogP contribution in [0, 0.1) is 31.6 Å². The number of carbonyl (C=O) groups excluding carboxylic acids is 1. The van der Waals surface area contributed by atoms with Gasteiger partial charge in [-0.1, -0.05) is 37.6 Å². The minimum Gasteiger partial charge on any atom is -0.441 e. The minimum absolute atomic E-state index is 0.223. The summed E-state index contributed by atoms with van der Waals surface area (Å²) in [5.74, 6) is 3.74. The fourth-order valence-corrected chi connectivity index (χ4v) is 6.33. The lowest BCUT2D eigenvalue weighted by Crippen LogP contribution is -2.39. The van der Waals surface area contributed by atoms with Gasteiger partial charge in [0.15, 0.2) is 0 Å². The SMILES string of the molecule is Cc1cccc(Cl)c1-c1nc(CN2CCC(C(=O)CCCCN3C[C@H](C)C[C@H](C)C3)CC2)c(C)o1. The van der Waals surface area contributed by atoms with Gasteiger partial charge >= 0.3 is 0 Å². The van der Waals surface area contributed by atoms with Crippen molar-refractivity contribution in [2.24, 2.45) is 17.8 Å². The smallest absolute Gasteiger partial charge is 0.228 e. The number of aryl methyl sites for hydroxylation is 2. The van der Waals surface area contributed by atoms with Crippen molar-refractivity contribution in [1.82, 2.24) is 14.8 Å². The number of oxazole rings is 1. The Morgan fingerprint density at radius 2 is 1.80 bits per heavy atom. The van der Waals surface area contributed by atoms with Crippen LogP contribution in [-0.2, 0) is 11.3 Å². The molecular weight excluding hydrogens is 458 g/mol. The summed E-state index contributed by atoms with van der Waals surface area (Å²) in [5.41, 5.74) is 2.90. The van der Waals surface area contributed by atoms with E-state index < -0.39 is 0 Å². The molecule has 2 fully saturated rings. The van der Waals surface area contributed by atoms with Crippen molar-refractivity contribution in [3.8, 4) is 11.5 Å². The molecule has 0 spiro atoms. The molecular formula is C29H42ClN3O2. The Hall–Kier alpha value is -1.69. The fourth-order valence-electron chi connectivity index (χ4n) is 6.02. The zero-order valence-corrected chi connectivity index (χ0v) is 22.7. The molecule has 0 bridgehead atoms. The van der Waals surface area contributed by atoms with Crippen LogP contribution in [-0.4, -0.2) is 53.3 Å². The van der Waals surface area contributed by atoms with Crippen LogP contribution in [0.3, 0.4) is 0 Å². The van der Waals surface area contributed by atoms with E-state index in [0.717, 1.165) is 92.7 Å². The first-order valence-electron chi connectivity index (χ1n) is 13.5. The summed E-state index contributed by atoms with van der Waals surface area (Å²) in [5, 5.41) is 0.664. The summed E-state index contributed by atoms with van der Waals surface area (Å²) in [6.07, 6.45) is 6.17. The average molecular weight is 500 g/mol. The summed E-state index contributed by atoms with van der Waals surface area (Å²) in [4.78, 5) is 22.6. The van der Waals surface area contributed by atoms with Gasteiger partial charge in [0.1, 0.15) is 11.5 Å². The van der Waals surface area contributed by atoms with E-state index in [1.807, 2.05) is 32.0 Å². The summed E-state index contributed by atoms with van der Waals surface area (Å²) >= 11 is 6.41. The summed E-state index contributed by atoms with van der Waals surface area (Å²) in [6.45, 7) is 14.9. The standard InChI is InChI=1S/C29H42ClN3O2/c1-20-16-21(2)18-33(17-20)13-6-5-10-27(34)24-11-14-32(15-12-24)19-26-23(4)35-29(31-26)28-22(3)8-7-9-25(28)30/h7-9,20-21,24H,5-6,10-19H2,1-4H3/t20-,21+. The van der Waals surface area contributed by atoms with Gasteiger partial charge in [0.2, 0.25) is 5.89 Å². The molecule has 0 N–H and O–H groups in total. The van der Waals surface area contributed by atoms with Gasteiger partial charge < -0.3 is 9.32 Å². The van der Waals surface area contributed by atoms with E-state index in [0.29, 0.717) is 16.7 Å². The molecule has 1 aromatic carbocycles. The van der Waals surface area contributed by atoms with Crippen molar-refractivity contribution in [3.63, 3.8) is 0 Å². The van der Waals surface area contributed by atoms with Gasteiger partial charge in [0.25, 0.3) is 0 Å². The molecule has 192 valence electrons. The van der Waals surface area contributed by atoms with Crippen LogP contribution in [0.2, 0.25) is 5.02 Å². The maximum atomic E-state index is 12.8. The maximum absolute atomic E-state index is 12.8. The number of aromatic nitrogens is 1. The second kappa shape index (κ2) is 12.0. The summed E-state index contributed by atoms with van der Waals surface area (Å²) < 4.78 is 5.99. The van der Waals surface area contributed by atoms with Crippen molar-refractivity contribution in [2.45, 2.75) is 72.8 Å². The molecule has 2 aliphatic heterocycles. The Balaban J connectivity index is 1.20. The number of piperidine rings is 2. The van der Waals surface area contributed by atoms with Crippen LogP contribution in [0.25, 0.3) is 11.5 Å². The molecule has 4 rings (SSSR count). The third-order valence-corrected chi connectivity index (χ3v) is 8.15. The lowest BCUT2D eigenvalue weighted by molar-refractivity contribution is -0.124. The van der Waals surface area contributed by atoms with E-state index in [2.05, 4.69) is 23.6 Å². The highest BCUT2D eigenvalue weighted by atomic mass is 35.5. The van der Waals surface area contributed by atoms with E-state index in [1.165, 1.54) is 19.5 Å². The zero-order chi connectivity index (χ0) is 24.9. The monoisotopic (exact) mass is 499 g/mol. The first-order chi connectivity index (χ1) is 16.8. The Bertz CT molecular complexity index is 966. The van der Waals surface area contributed by atoms with E-state index in [-0.39, 0.29) is 5.92 Å². The average Bonchev–Trinajstić information content (AvgIpc) is 3.16. The van der Waals surface area contributed by atoms with E-state index >= 15 is 0 Å². The molecule has 0 amide bonds. The minimum atomic E-state index is 0.223. The van der Waals surface area contributed by atoms with Crippen LogP contribution in [0.5, 0.6) is 0 Å². The van der Waals surface area contributed by atoms with Crippen LogP contribution in [0.1, 0.15) is 69.4 Å². The van der Waals surface area contributed by atoms with Gasteiger partial charge in [-0.05, 0) is 89.1 Å². The largest absolute Gasteiger partial charge is 0.441 e. The predicted octanol–water partition coefficient (Wildman–Crippen LogP) is 6.54. The molecule has 0 aliphatic carbocycles. The molecule has 2 saturated heterocycles. The number of ketones is 1. The van der Waals surface area contributed by atoms with Crippen LogP contribution >= 0.6 is 11.6 Å². The second-order valence-corrected chi connectivity index (χ2v) is 11.5. The number of likely N-dealkylation sites (tertiary alicyclic amines) is 2. The number of hydrogen-bond acceptors (Lipinski definition) is 5. The van der Waals surface area contributed by atoms with Crippen molar-refractivity contribution in [3.05, 3.63) is 40.2 Å². The molecule has 1 aromatic heterocycles. The highest BCUT2D eigenvalue weighted by Gasteiger charge is 2.26. The number of benzene rings is 1. The van der Waals surface area contributed by atoms with Crippen molar-refractivity contribution >= 4 is 17.4 Å². The first kappa shape index (κ1) is 26.4. The van der Waals surface area contributed by atoms with Crippen LogP contribution in [0.15, 0.2) is 22.6 Å². The van der Waals surface area contributed by atoms with E-state index in [1.54, 1.807) is 0 Å². The fraction of sp³-hybridized carbons (Fsp3) is 0.655. The molecule has 5 nitrogen and oxygen atoms in total. The molecule has 35 heavy (non-hydrogen) atoms. The third kappa shape index (κ3) is 6.96. The molecule has 0 unspecified atom stereocenters. The van der Waals surface area contributed by atoms with Crippen LogP contribution in [0.4, 0.5) is 0 Å². The highest BCUT2D eigenvalue weighted by Crippen LogP contribution is 2.32. The van der Waals surface area contributed by atoms with Crippen molar-refractivity contribution < 1.29 is 9.21 Å². The second-order valence-electron chi connectivity index (χ2n) is 11.1. The van der Waals surface area contributed by atoms with Crippen molar-refractivity contribution in [1.29, 1.82) is 0 Å². The van der Waals surface area contributed by atoms with E-state index in [9.17, 15) is 4.79 Å². The number of nitrogens with zero attached hydrogens (tertiary/aromatic N) is 3. The van der Waals surface area contributed by atoms with Gasteiger partial charge in [-0.3, -0.25) is 9.69 Å². The van der Waals surface area contributed by atoms with Gasteiger partial charge in [0.05, 0.1) is 16.3 Å². The van der Waals surface area contributed by atoms with Crippen LogP contribution < -0.4 is 0 Å². The Morgan fingerprint density at radius 3 is 2.49 bits per heavy atom. The van der Waals surface area contributed by atoms with Gasteiger partial charge in [-0.2, -0.15) is 0 Å². The number of hydrogen-bond donors (Lipinski definition) is 0. The normalized spacial score (nSPS) is 22.5. The molecule has 2 aromatic rings. The number of Topliss-reactive ketones (excluding diaryl/α,β-unsaturated/α-hetero) is 1. The summed E-state index contributed by atoms with van der Waals surface area (Å²) in [6, 6.07) is 5.84. The van der Waals surface area contributed by atoms with Crippen molar-refractivity contribution in [2.75, 3.05) is 32.7 Å². The van der Waals surface area contributed by atoms with Gasteiger partial charge in [-0.15, -0.1) is 0 Å². The Morgan fingerprint density at radius 1 is 1.09 bits per heavy atom. The highest BCUT2D eigenvalue weighted by molar-refractivity contribution is 6.33. The predicted molar refractivity (Wildman–Crippen MR) is 143 cm³/mol. The maximum Gasteiger partial charge on any atom is 0.228 e. The lowest BCUT2D eigenvalue weighted by Gasteiger charge is -2.35. The quantitative estimate of drug-likeness (QED) is 0.366. The summed E-state index contributed by atoms with van der Waals surface area (Å²) in [7, 11) is 0. The zero-order valence-electron chi connectivity index (χ0n) is 22.0. The molecule has 0 saturated carbocycles. The van der Waals surface area contributed by atoms with Gasteiger partial charge in [0, 0.05) is 32.0 Å². The Kier molecular flexibility index (Phi) is 9.07. The molecule has 6 heteroatoms. The third-order valence-electron chi connectivity index (χ3n) is 7.84. The Labute approximate surface area is 216 Å². The number of carbonyl (C=O) groups is 1. The van der Waals surface area contributed by atoms with E-state index in [4.69, 9.17) is 21.0 Å². The molecule has 0 radical (unpaired) electrons. The topological polar surface area (TPSA) is 49.6 Å². The number of halogens is 1. The van der Waals surface area contributed by atoms with Gasteiger partial charge in [-0.25, -0.2) is 4.98 Å².